The van der Waals surface area contributed by atoms with Gasteiger partial charge in [0.25, 0.3) is 0 Å². The molecule has 27 heavy (non-hydrogen) atoms. The minimum atomic E-state index is -0.141. The predicted octanol–water partition coefficient (Wildman–Crippen LogP) is 6.17. The number of hydrogen-bond donors (Lipinski definition) is 0. The molecule has 0 aliphatic rings. The van der Waals surface area contributed by atoms with Crippen molar-refractivity contribution in [3.05, 3.63) is 0 Å². The van der Waals surface area contributed by atoms with Crippen molar-refractivity contribution in [1.82, 2.24) is 0 Å². The summed E-state index contributed by atoms with van der Waals surface area (Å²) >= 11 is 0. The first-order valence-electron chi connectivity index (χ1n) is 10.5. The first kappa shape index (κ1) is 25.9. The van der Waals surface area contributed by atoms with Gasteiger partial charge in [-0.05, 0) is 55.3 Å². The van der Waals surface area contributed by atoms with Crippen LogP contribution >= 0.6 is 0 Å². The van der Waals surface area contributed by atoms with Gasteiger partial charge >= 0.3 is 11.9 Å². The fraction of sp³-hybridized carbons (Fsp3) is 0.913. The molecule has 160 valence electrons. The molecule has 0 aliphatic heterocycles. The smallest absolute Gasteiger partial charge is 0.306 e. The minimum absolute atomic E-state index is 0.132. The second kappa shape index (κ2) is 11.7. The molecule has 0 fully saturated rings. The molecule has 0 bridgehead atoms. The van der Waals surface area contributed by atoms with Crippen molar-refractivity contribution in [3.8, 4) is 0 Å². The largest absolute Gasteiger partial charge is 0.466 e. The van der Waals surface area contributed by atoms with Crippen LogP contribution in [0.5, 0.6) is 0 Å². The molecule has 3 unspecified atom stereocenters. The van der Waals surface area contributed by atoms with Gasteiger partial charge in [0.15, 0.2) is 0 Å². The molecular formula is C23H44O4. The van der Waals surface area contributed by atoms with Gasteiger partial charge in [-0.2, -0.15) is 0 Å². The maximum absolute atomic E-state index is 12.0. The second-order valence-corrected chi connectivity index (χ2v) is 10.8. The number of rotatable bonds is 11. The zero-order chi connectivity index (χ0) is 21.3. The Balaban J connectivity index is 3.92. The van der Waals surface area contributed by atoms with E-state index in [1.165, 1.54) is 0 Å². The third-order valence-corrected chi connectivity index (χ3v) is 4.30. The molecule has 0 heterocycles. The summed E-state index contributed by atoms with van der Waals surface area (Å²) in [6.45, 7) is 19.6. The normalized spacial score (nSPS) is 15.7. The van der Waals surface area contributed by atoms with E-state index in [2.05, 4.69) is 55.4 Å². The molecule has 0 aromatic carbocycles. The van der Waals surface area contributed by atoms with Gasteiger partial charge in [-0.15, -0.1) is 0 Å². The molecule has 0 saturated heterocycles. The quantitative estimate of drug-likeness (QED) is 0.316. The highest BCUT2D eigenvalue weighted by atomic mass is 16.5. The van der Waals surface area contributed by atoms with Crippen molar-refractivity contribution in [3.63, 3.8) is 0 Å². The Morgan fingerprint density at radius 2 is 1.22 bits per heavy atom. The van der Waals surface area contributed by atoms with E-state index >= 15 is 0 Å². The average Bonchev–Trinajstić information content (AvgIpc) is 2.38. The lowest BCUT2D eigenvalue weighted by Gasteiger charge is -2.23. The SMILES string of the molecule is CC(CC(=O)OCCCC(C)OC(=O)CC(C)CC(C)(C)C)CC(C)(C)C. The fourth-order valence-electron chi connectivity index (χ4n) is 3.75. The maximum Gasteiger partial charge on any atom is 0.306 e. The molecule has 3 atom stereocenters. The third kappa shape index (κ3) is 16.8. The van der Waals surface area contributed by atoms with Crippen LogP contribution in [-0.4, -0.2) is 24.6 Å². The summed E-state index contributed by atoms with van der Waals surface area (Å²) in [7, 11) is 0. The molecular weight excluding hydrogens is 340 g/mol. The molecule has 4 nitrogen and oxygen atoms in total. The summed E-state index contributed by atoms with van der Waals surface area (Å²) < 4.78 is 10.8. The number of ether oxygens (including phenoxy) is 2. The summed E-state index contributed by atoms with van der Waals surface area (Å²) in [5.74, 6) is 0.382. The number of carbonyl (C=O) groups excluding carboxylic acids is 2. The van der Waals surface area contributed by atoms with Crippen LogP contribution in [0.2, 0.25) is 0 Å². The first-order valence-corrected chi connectivity index (χ1v) is 10.5. The van der Waals surface area contributed by atoms with Crippen molar-refractivity contribution in [2.45, 2.75) is 107 Å². The van der Waals surface area contributed by atoms with E-state index in [4.69, 9.17) is 9.47 Å². The molecule has 4 heteroatoms. The fourth-order valence-corrected chi connectivity index (χ4v) is 3.75. The predicted molar refractivity (Wildman–Crippen MR) is 111 cm³/mol. The number of hydrogen-bond acceptors (Lipinski definition) is 4. The Hall–Kier alpha value is -1.06. The van der Waals surface area contributed by atoms with Crippen LogP contribution in [-0.2, 0) is 19.1 Å². The Bertz CT molecular complexity index is 442. The highest BCUT2D eigenvalue weighted by Crippen LogP contribution is 2.27. The van der Waals surface area contributed by atoms with E-state index in [1.54, 1.807) is 0 Å². The second-order valence-electron chi connectivity index (χ2n) is 10.8. The highest BCUT2D eigenvalue weighted by molar-refractivity contribution is 5.70. The van der Waals surface area contributed by atoms with Crippen molar-refractivity contribution in [1.29, 1.82) is 0 Å². The first-order chi connectivity index (χ1) is 12.2. The molecule has 0 spiro atoms. The molecule has 0 N–H and O–H groups in total. The average molecular weight is 385 g/mol. The zero-order valence-corrected chi connectivity index (χ0v) is 19.3. The molecule has 0 radical (unpaired) electrons. The van der Waals surface area contributed by atoms with E-state index < -0.39 is 0 Å². The molecule has 0 saturated carbocycles. The maximum atomic E-state index is 12.0. The Labute approximate surface area is 167 Å². The Morgan fingerprint density at radius 3 is 1.67 bits per heavy atom. The van der Waals surface area contributed by atoms with Crippen LogP contribution in [0.4, 0.5) is 0 Å². The molecule has 0 rings (SSSR count). The Kier molecular flexibility index (Phi) is 11.2. The lowest BCUT2D eigenvalue weighted by atomic mass is 9.84. The van der Waals surface area contributed by atoms with Gasteiger partial charge < -0.3 is 9.47 Å². The van der Waals surface area contributed by atoms with Gasteiger partial charge in [-0.1, -0.05) is 55.4 Å². The monoisotopic (exact) mass is 384 g/mol. The van der Waals surface area contributed by atoms with Crippen molar-refractivity contribution < 1.29 is 19.1 Å². The van der Waals surface area contributed by atoms with Crippen LogP contribution in [0.3, 0.4) is 0 Å². The third-order valence-electron chi connectivity index (χ3n) is 4.30. The van der Waals surface area contributed by atoms with Crippen LogP contribution in [0.15, 0.2) is 0 Å². The summed E-state index contributed by atoms with van der Waals surface area (Å²) in [6, 6.07) is 0. The van der Waals surface area contributed by atoms with E-state index in [9.17, 15) is 9.59 Å². The van der Waals surface area contributed by atoms with Gasteiger partial charge in [0.05, 0.1) is 12.7 Å². The van der Waals surface area contributed by atoms with E-state index in [0.29, 0.717) is 44.1 Å². The van der Waals surface area contributed by atoms with Crippen molar-refractivity contribution in [2.24, 2.45) is 22.7 Å². The number of carbonyl (C=O) groups is 2. The summed E-state index contributed by atoms with van der Waals surface area (Å²) in [5, 5.41) is 0. The van der Waals surface area contributed by atoms with E-state index in [0.717, 1.165) is 12.8 Å². The summed E-state index contributed by atoms with van der Waals surface area (Å²) in [6.07, 6.45) is 4.21. The van der Waals surface area contributed by atoms with Crippen LogP contribution in [0.1, 0.15) is 101 Å². The van der Waals surface area contributed by atoms with Gasteiger partial charge in [-0.25, -0.2) is 0 Å². The van der Waals surface area contributed by atoms with Crippen LogP contribution in [0, 0.1) is 22.7 Å². The van der Waals surface area contributed by atoms with Gasteiger partial charge in [-0.3, -0.25) is 9.59 Å². The van der Waals surface area contributed by atoms with Crippen LogP contribution < -0.4 is 0 Å². The van der Waals surface area contributed by atoms with Gasteiger partial charge in [0.2, 0.25) is 0 Å². The Morgan fingerprint density at radius 1 is 0.778 bits per heavy atom. The topological polar surface area (TPSA) is 52.6 Å². The highest BCUT2D eigenvalue weighted by Gasteiger charge is 2.20. The van der Waals surface area contributed by atoms with Crippen molar-refractivity contribution >= 4 is 11.9 Å². The lowest BCUT2D eigenvalue weighted by molar-refractivity contribution is -0.151. The van der Waals surface area contributed by atoms with Gasteiger partial charge in [0, 0.05) is 12.8 Å². The molecule has 0 amide bonds. The van der Waals surface area contributed by atoms with E-state index in [1.807, 2.05) is 6.92 Å². The van der Waals surface area contributed by atoms with Gasteiger partial charge in [0.1, 0.15) is 0 Å². The standard InChI is InChI=1S/C23H44O4/c1-17(15-22(4,5)6)13-20(24)26-12-10-11-19(3)27-21(25)14-18(2)16-23(7,8)9/h17-19H,10-16H2,1-9H3. The number of esters is 2. The molecule has 0 aromatic heterocycles. The zero-order valence-electron chi connectivity index (χ0n) is 19.3. The lowest BCUT2D eigenvalue weighted by Crippen LogP contribution is -2.20. The van der Waals surface area contributed by atoms with Crippen LogP contribution in [0.25, 0.3) is 0 Å². The van der Waals surface area contributed by atoms with E-state index in [-0.39, 0.29) is 28.9 Å². The summed E-state index contributed by atoms with van der Waals surface area (Å²) in [4.78, 5) is 23.9. The molecule has 0 aliphatic carbocycles. The van der Waals surface area contributed by atoms with Crippen molar-refractivity contribution in [2.75, 3.05) is 6.61 Å². The minimum Gasteiger partial charge on any atom is -0.466 e. The summed E-state index contributed by atoms with van der Waals surface area (Å²) in [5.41, 5.74) is 0.447. The molecule has 0 aromatic rings.